The summed E-state index contributed by atoms with van der Waals surface area (Å²) in [5.41, 5.74) is -0.766. The number of amides is 2. The zero-order valence-electron chi connectivity index (χ0n) is 12.5. The Labute approximate surface area is 119 Å². The topological polar surface area (TPSA) is 67.2 Å². The summed E-state index contributed by atoms with van der Waals surface area (Å²) in [5.74, 6) is 0.811. The van der Waals surface area contributed by atoms with Gasteiger partial charge in [0.1, 0.15) is 17.4 Å². The molecule has 6 nitrogen and oxygen atoms in total. The summed E-state index contributed by atoms with van der Waals surface area (Å²) in [5, 5.41) is 2.76. The third-order valence-electron chi connectivity index (χ3n) is 4.25. The van der Waals surface area contributed by atoms with Crippen LogP contribution in [-0.2, 0) is 16.1 Å². The van der Waals surface area contributed by atoms with Crippen molar-refractivity contribution in [3.8, 4) is 0 Å². The summed E-state index contributed by atoms with van der Waals surface area (Å²) in [6.07, 6.45) is 4.22. The van der Waals surface area contributed by atoms with Crippen molar-refractivity contribution < 1.29 is 9.59 Å². The summed E-state index contributed by atoms with van der Waals surface area (Å²) in [4.78, 5) is 30.5. The van der Waals surface area contributed by atoms with E-state index in [2.05, 4.69) is 10.3 Å². The highest BCUT2D eigenvalue weighted by Gasteiger charge is 2.46. The molecule has 2 rings (SSSR count). The van der Waals surface area contributed by atoms with Gasteiger partial charge < -0.3 is 14.8 Å². The van der Waals surface area contributed by atoms with Crippen molar-refractivity contribution in [2.24, 2.45) is 0 Å². The van der Waals surface area contributed by atoms with E-state index in [1.807, 2.05) is 31.5 Å². The van der Waals surface area contributed by atoms with Crippen LogP contribution in [0.1, 0.15) is 33.0 Å². The Hall–Kier alpha value is -1.85. The van der Waals surface area contributed by atoms with Gasteiger partial charge in [-0.15, -0.1) is 0 Å². The van der Waals surface area contributed by atoms with E-state index in [1.165, 1.54) is 0 Å². The Morgan fingerprint density at radius 3 is 2.65 bits per heavy atom. The molecule has 0 radical (unpaired) electrons. The van der Waals surface area contributed by atoms with Gasteiger partial charge >= 0.3 is 0 Å². The molecule has 0 saturated carbocycles. The monoisotopic (exact) mass is 278 g/mol. The van der Waals surface area contributed by atoms with Gasteiger partial charge in [-0.1, -0.05) is 6.92 Å². The molecule has 0 aliphatic carbocycles. The van der Waals surface area contributed by atoms with E-state index < -0.39 is 11.6 Å². The van der Waals surface area contributed by atoms with E-state index >= 15 is 0 Å². The number of imidazole rings is 1. The molecule has 2 atom stereocenters. The lowest BCUT2D eigenvalue weighted by Crippen LogP contribution is -2.69. The molecule has 2 unspecified atom stereocenters. The van der Waals surface area contributed by atoms with E-state index in [4.69, 9.17) is 0 Å². The maximum atomic E-state index is 12.4. The predicted octanol–water partition coefficient (Wildman–Crippen LogP) is 0.707. The van der Waals surface area contributed by atoms with Crippen LogP contribution in [0.3, 0.4) is 0 Å². The molecule has 1 aromatic rings. The number of aromatic nitrogens is 2. The number of hydrogen-bond donors (Lipinski definition) is 1. The Kier molecular flexibility index (Phi) is 3.83. The van der Waals surface area contributed by atoms with E-state index in [9.17, 15) is 9.59 Å². The van der Waals surface area contributed by atoms with E-state index in [-0.39, 0.29) is 11.8 Å². The zero-order chi connectivity index (χ0) is 14.9. The van der Waals surface area contributed by atoms with E-state index in [0.29, 0.717) is 19.5 Å². The molecule has 2 heterocycles. The Balaban J connectivity index is 2.19. The van der Waals surface area contributed by atoms with Gasteiger partial charge in [0.2, 0.25) is 11.8 Å². The summed E-state index contributed by atoms with van der Waals surface area (Å²) in [6, 6.07) is -0.453. The molecule has 1 saturated heterocycles. The highest BCUT2D eigenvalue weighted by atomic mass is 16.2. The van der Waals surface area contributed by atoms with Crippen molar-refractivity contribution in [3.05, 3.63) is 18.2 Å². The lowest BCUT2D eigenvalue weighted by atomic mass is 9.91. The second kappa shape index (κ2) is 5.26. The Bertz CT molecular complexity index is 525. The SMILES string of the molecule is CCC1(C)C(=O)NC(C)C(=O)N1CCn1ccnc1C. The second-order valence-electron chi connectivity index (χ2n) is 5.48. The van der Waals surface area contributed by atoms with Gasteiger partial charge in [-0.2, -0.15) is 0 Å². The van der Waals surface area contributed by atoms with Gasteiger partial charge in [0.15, 0.2) is 0 Å². The molecule has 2 amide bonds. The molecule has 1 aliphatic heterocycles. The molecule has 0 aromatic carbocycles. The highest BCUT2D eigenvalue weighted by Crippen LogP contribution is 2.24. The van der Waals surface area contributed by atoms with Crippen LogP contribution in [0.15, 0.2) is 12.4 Å². The van der Waals surface area contributed by atoms with Gasteiger partial charge in [0, 0.05) is 25.5 Å². The Morgan fingerprint density at radius 2 is 2.10 bits per heavy atom. The third kappa shape index (κ3) is 2.30. The number of rotatable bonds is 4. The van der Waals surface area contributed by atoms with Crippen molar-refractivity contribution >= 4 is 11.8 Å². The summed E-state index contributed by atoms with van der Waals surface area (Å²) < 4.78 is 1.99. The number of hydrogen-bond acceptors (Lipinski definition) is 3. The summed E-state index contributed by atoms with van der Waals surface area (Å²) in [6.45, 7) is 8.56. The van der Waals surface area contributed by atoms with Crippen LogP contribution in [0, 0.1) is 6.92 Å². The fourth-order valence-electron chi connectivity index (χ4n) is 2.57. The first-order chi connectivity index (χ1) is 9.40. The molecule has 1 aromatic heterocycles. The molecular weight excluding hydrogens is 256 g/mol. The molecule has 110 valence electrons. The molecule has 0 bridgehead atoms. The van der Waals surface area contributed by atoms with Crippen LogP contribution in [-0.4, -0.2) is 44.4 Å². The normalized spacial score (nSPS) is 26.8. The van der Waals surface area contributed by atoms with Gasteiger partial charge in [-0.25, -0.2) is 4.98 Å². The van der Waals surface area contributed by atoms with Crippen LogP contribution in [0.5, 0.6) is 0 Å². The van der Waals surface area contributed by atoms with Gasteiger partial charge in [-0.05, 0) is 27.2 Å². The fourth-order valence-corrected chi connectivity index (χ4v) is 2.57. The first kappa shape index (κ1) is 14.6. The molecule has 0 spiro atoms. The zero-order valence-corrected chi connectivity index (χ0v) is 12.5. The average Bonchev–Trinajstić information content (AvgIpc) is 2.82. The molecule has 1 N–H and O–H groups in total. The van der Waals surface area contributed by atoms with Crippen LogP contribution in [0.2, 0.25) is 0 Å². The molecule has 6 heteroatoms. The predicted molar refractivity (Wildman–Crippen MR) is 75.0 cm³/mol. The van der Waals surface area contributed by atoms with Gasteiger partial charge in [-0.3, -0.25) is 9.59 Å². The minimum Gasteiger partial charge on any atom is -0.343 e. The van der Waals surface area contributed by atoms with E-state index in [1.54, 1.807) is 18.0 Å². The number of nitrogens with one attached hydrogen (secondary N) is 1. The van der Waals surface area contributed by atoms with E-state index in [0.717, 1.165) is 5.82 Å². The van der Waals surface area contributed by atoms with Crippen molar-refractivity contribution in [2.75, 3.05) is 6.54 Å². The summed E-state index contributed by atoms with van der Waals surface area (Å²) >= 11 is 0. The number of piperazine rings is 1. The second-order valence-corrected chi connectivity index (χ2v) is 5.48. The number of carbonyl (C=O) groups is 2. The standard InChI is InChI=1S/C14H22N4O2/c1-5-14(4)13(20)16-10(2)12(19)18(14)9-8-17-7-6-15-11(17)3/h6-7,10H,5,8-9H2,1-4H3,(H,16,20). The van der Waals surface area contributed by atoms with Crippen molar-refractivity contribution in [1.29, 1.82) is 0 Å². The largest absolute Gasteiger partial charge is 0.343 e. The van der Waals surface area contributed by atoms with Gasteiger partial charge in [0.05, 0.1) is 0 Å². The number of nitrogens with zero attached hydrogens (tertiary/aromatic N) is 3. The Morgan fingerprint density at radius 1 is 1.40 bits per heavy atom. The minimum absolute atomic E-state index is 0.0216. The summed E-state index contributed by atoms with van der Waals surface area (Å²) in [7, 11) is 0. The minimum atomic E-state index is -0.766. The van der Waals surface area contributed by atoms with Gasteiger partial charge in [0.25, 0.3) is 0 Å². The van der Waals surface area contributed by atoms with Crippen LogP contribution < -0.4 is 5.32 Å². The molecule has 1 fully saturated rings. The maximum Gasteiger partial charge on any atom is 0.246 e. The highest BCUT2D eigenvalue weighted by molar-refractivity contribution is 5.99. The fraction of sp³-hybridized carbons (Fsp3) is 0.643. The van der Waals surface area contributed by atoms with Crippen molar-refractivity contribution in [1.82, 2.24) is 19.8 Å². The third-order valence-corrected chi connectivity index (χ3v) is 4.25. The maximum absolute atomic E-state index is 12.4. The lowest BCUT2D eigenvalue weighted by molar-refractivity contribution is -0.156. The average molecular weight is 278 g/mol. The number of aryl methyl sites for hydroxylation is 1. The first-order valence-corrected chi connectivity index (χ1v) is 7.00. The van der Waals surface area contributed by atoms with Crippen LogP contribution >= 0.6 is 0 Å². The van der Waals surface area contributed by atoms with Crippen molar-refractivity contribution in [2.45, 2.75) is 52.2 Å². The van der Waals surface area contributed by atoms with Crippen LogP contribution in [0.4, 0.5) is 0 Å². The molecular formula is C14H22N4O2. The van der Waals surface area contributed by atoms with Crippen molar-refractivity contribution in [3.63, 3.8) is 0 Å². The molecule has 1 aliphatic rings. The lowest BCUT2D eigenvalue weighted by Gasteiger charge is -2.45. The first-order valence-electron chi connectivity index (χ1n) is 7.00. The quantitative estimate of drug-likeness (QED) is 0.882. The number of carbonyl (C=O) groups excluding carboxylic acids is 2. The van der Waals surface area contributed by atoms with Crippen LogP contribution in [0.25, 0.3) is 0 Å². The smallest absolute Gasteiger partial charge is 0.246 e. The molecule has 20 heavy (non-hydrogen) atoms.